The average Bonchev–Trinajstić information content (AvgIpc) is 2.53. The van der Waals surface area contributed by atoms with Gasteiger partial charge in [0.1, 0.15) is 12.5 Å². The second-order valence-electron chi connectivity index (χ2n) is 4.78. The second-order valence-corrected chi connectivity index (χ2v) is 4.78. The molecule has 1 aromatic carbocycles. The van der Waals surface area contributed by atoms with Gasteiger partial charge in [-0.1, -0.05) is 30.3 Å². The predicted molar refractivity (Wildman–Crippen MR) is 73.3 cm³/mol. The van der Waals surface area contributed by atoms with Crippen molar-refractivity contribution in [2.24, 2.45) is 5.92 Å². The van der Waals surface area contributed by atoms with E-state index in [1.54, 1.807) is 0 Å². The summed E-state index contributed by atoms with van der Waals surface area (Å²) < 4.78 is 9.77. The lowest BCUT2D eigenvalue weighted by Gasteiger charge is -2.29. The first-order valence-corrected chi connectivity index (χ1v) is 6.68. The molecule has 2 rings (SSSR count). The fraction of sp³-hybridized carbons (Fsp3) is 0.400. The van der Waals surface area contributed by atoms with E-state index in [9.17, 15) is 14.4 Å². The monoisotopic (exact) mass is 291 g/mol. The Morgan fingerprint density at radius 3 is 2.67 bits per heavy atom. The number of Topliss-reactive ketones (excluding diaryl/α,β-unsaturated/α-hetero) is 1. The van der Waals surface area contributed by atoms with E-state index in [0.29, 0.717) is 0 Å². The van der Waals surface area contributed by atoms with Crippen molar-refractivity contribution < 1.29 is 23.9 Å². The van der Waals surface area contributed by atoms with Gasteiger partial charge < -0.3 is 14.4 Å². The van der Waals surface area contributed by atoms with Crippen LogP contribution in [0.25, 0.3) is 0 Å². The van der Waals surface area contributed by atoms with Gasteiger partial charge >= 0.3 is 12.1 Å². The molecule has 6 nitrogen and oxygen atoms in total. The molecule has 6 heteroatoms. The molecule has 112 valence electrons. The van der Waals surface area contributed by atoms with E-state index in [1.807, 2.05) is 30.3 Å². The number of ketones is 1. The Kier molecular flexibility index (Phi) is 4.92. The first-order valence-electron chi connectivity index (χ1n) is 6.68. The van der Waals surface area contributed by atoms with E-state index < -0.39 is 18.0 Å². The number of carbonyl (C=O) groups is 3. The minimum atomic E-state index is -0.909. The van der Waals surface area contributed by atoms with Crippen LogP contribution in [0, 0.1) is 5.92 Å². The lowest BCUT2D eigenvalue weighted by Crippen LogP contribution is -2.47. The maximum Gasteiger partial charge on any atom is 0.410 e. The molecular formula is C15H17NO5. The number of carbonyl (C=O) groups excluding carboxylic acids is 3. The number of esters is 1. The van der Waals surface area contributed by atoms with Crippen LogP contribution in [-0.2, 0) is 25.7 Å². The zero-order valence-corrected chi connectivity index (χ0v) is 11.8. The van der Waals surface area contributed by atoms with Crippen molar-refractivity contribution in [3.8, 4) is 0 Å². The van der Waals surface area contributed by atoms with E-state index in [2.05, 4.69) is 4.74 Å². The van der Waals surface area contributed by atoms with Gasteiger partial charge in [0.2, 0.25) is 0 Å². The number of methoxy groups -OCH3 is 1. The minimum absolute atomic E-state index is 0.0130. The van der Waals surface area contributed by atoms with Crippen LogP contribution in [-0.4, -0.2) is 42.9 Å². The third-order valence-electron chi connectivity index (χ3n) is 3.37. The Morgan fingerprint density at radius 2 is 2.00 bits per heavy atom. The van der Waals surface area contributed by atoms with Crippen molar-refractivity contribution in [1.82, 2.24) is 4.90 Å². The largest absolute Gasteiger partial charge is 0.468 e. The molecule has 1 amide bonds. The smallest absolute Gasteiger partial charge is 0.410 e. The fourth-order valence-corrected chi connectivity index (χ4v) is 2.16. The van der Waals surface area contributed by atoms with Crippen molar-refractivity contribution in [1.29, 1.82) is 0 Å². The minimum Gasteiger partial charge on any atom is -0.468 e. The summed E-state index contributed by atoms with van der Waals surface area (Å²) in [7, 11) is 1.22. The first kappa shape index (κ1) is 15.0. The zero-order valence-electron chi connectivity index (χ0n) is 11.8. The van der Waals surface area contributed by atoms with Crippen LogP contribution in [0.4, 0.5) is 4.79 Å². The van der Waals surface area contributed by atoms with Crippen molar-refractivity contribution in [3.05, 3.63) is 35.9 Å². The van der Waals surface area contributed by atoms with Crippen LogP contribution in [0.15, 0.2) is 30.3 Å². The summed E-state index contributed by atoms with van der Waals surface area (Å²) in [6.07, 6.45) is -0.388. The molecule has 0 unspecified atom stereocenters. The molecule has 1 aliphatic rings. The number of rotatable bonds is 3. The number of benzene rings is 1. The number of amides is 1. The summed E-state index contributed by atoms with van der Waals surface area (Å²) in [6.45, 7) is 0.437. The number of likely N-dealkylation sites (tertiary alicyclic amines) is 1. The highest BCUT2D eigenvalue weighted by Crippen LogP contribution is 2.16. The Hall–Kier alpha value is -2.37. The van der Waals surface area contributed by atoms with Gasteiger partial charge in [0.05, 0.1) is 7.11 Å². The van der Waals surface area contributed by atoms with Gasteiger partial charge in [-0.3, -0.25) is 9.59 Å². The number of hydrogen-bond acceptors (Lipinski definition) is 5. The number of ether oxygens (including phenoxy) is 2. The third kappa shape index (κ3) is 3.81. The second kappa shape index (κ2) is 6.88. The molecule has 1 atom stereocenters. The van der Waals surface area contributed by atoms with Crippen molar-refractivity contribution in [2.75, 3.05) is 20.2 Å². The van der Waals surface area contributed by atoms with E-state index in [4.69, 9.17) is 4.74 Å². The molecule has 1 heterocycles. The van der Waals surface area contributed by atoms with Crippen LogP contribution in [0.2, 0.25) is 0 Å². The molecule has 0 aromatic heterocycles. The van der Waals surface area contributed by atoms with Gasteiger partial charge in [-0.25, -0.2) is 4.79 Å². The third-order valence-corrected chi connectivity index (χ3v) is 3.37. The molecule has 0 N–H and O–H groups in total. The lowest BCUT2D eigenvalue weighted by atomic mass is 9.97. The topological polar surface area (TPSA) is 72.9 Å². The highest BCUT2D eigenvalue weighted by molar-refractivity contribution is 6.00. The summed E-state index contributed by atoms with van der Waals surface area (Å²) in [6, 6.07) is 9.29. The Labute approximate surface area is 122 Å². The van der Waals surface area contributed by atoms with Crippen LogP contribution < -0.4 is 0 Å². The van der Waals surface area contributed by atoms with E-state index in [0.717, 1.165) is 5.56 Å². The van der Waals surface area contributed by atoms with Gasteiger partial charge in [-0.05, 0) is 5.56 Å². The summed E-state index contributed by atoms with van der Waals surface area (Å²) in [5.74, 6) is -1.72. The summed E-state index contributed by atoms with van der Waals surface area (Å²) in [4.78, 5) is 36.5. The summed E-state index contributed by atoms with van der Waals surface area (Å²) >= 11 is 0. The number of piperidine rings is 1. The van der Waals surface area contributed by atoms with Gasteiger partial charge in [-0.2, -0.15) is 0 Å². The molecule has 1 saturated heterocycles. The van der Waals surface area contributed by atoms with Gasteiger partial charge in [0.25, 0.3) is 0 Å². The summed E-state index contributed by atoms with van der Waals surface area (Å²) in [5, 5.41) is 0. The highest BCUT2D eigenvalue weighted by atomic mass is 16.6. The number of nitrogens with zero attached hydrogens (tertiary/aromatic N) is 1. The Bertz CT molecular complexity index is 520. The molecule has 0 saturated carbocycles. The standard InChI is InChI=1S/C15H17NO5/c1-20-14(18)12-9-16(8-7-13(12)17)15(19)21-10-11-5-3-2-4-6-11/h2-6,12H,7-10H2,1H3/t12-/m1/s1. The Balaban J connectivity index is 1.90. The van der Waals surface area contributed by atoms with Crippen LogP contribution in [0.3, 0.4) is 0 Å². The normalized spacial score (nSPS) is 18.2. The molecule has 0 radical (unpaired) electrons. The van der Waals surface area contributed by atoms with Crippen LogP contribution >= 0.6 is 0 Å². The molecule has 0 bridgehead atoms. The fourth-order valence-electron chi connectivity index (χ4n) is 2.16. The number of hydrogen-bond donors (Lipinski definition) is 0. The maximum absolute atomic E-state index is 12.0. The molecular weight excluding hydrogens is 274 g/mol. The van der Waals surface area contributed by atoms with Gasteiger partial charge in [0, 0.05) is 19.5 Å². The van der Waals surface area contributed by atoms with Crippen molar-refractivity contribution in [2.45, 2.75) is 13.0 Å². The van der Waals surface area contributed by atoms with Crippen molar-refractivity contribution in [3.63, 3.8) is 0 Å². The lowest BCUT2D eigenvalue weighted by molar-refractivity contribution is -0.151. The van der Waals surface area contributed by atoms with Crippen molar-refractivity contribution >= 4 is 17.8 Å². The summed E-state index contributed by atoms with van der Waals surface area (Å²) in [5.41, 5.74) is 0.878. The molecule has 1 aromatic rings. The highest BCUT2D eigenvalue weighted by Gasteiger charge is 2.36. The molecule has 1 aliphatic heterocycles. The zero-order chi connectivity index (χ0) is 15.2. The van der Waals surface area contributed by atoms with Gasteiger partial charge in [-0.15, -0.1) is 0 Å². The molecule has 0 aliphatic carbocycles. The van der Waals surface area contributed by atoms with Gasteiger partial charge in [0.15, 0.2) is 5.78 Å². The Morgan fingerprint density at radius 1 is 1.29 bits per heavy atom. The van der Waals surface area contributed by atoms with E-state index >= 15 is 0 Å². The SMILES string of the molecule is COC(=O)[C@@H]1CN(C(=O)OCc2ccccc2)CCC1=O. The molecule has 21 heavy (non-hydrogen) atoms. The van der Waals surface area contributed by atoms with E-state index in [-0.39, 0.29) is 31.9 Å². The maximum atomic E-state index is 12.0. The molecule has 0 spiro atoms. The van der Waals surface area contributed by atoms with E-state index in [1.165, 1.54) is 12.0 Å². The van der Waals surface area contributed by atoms with Crippen LogP contribution in [0.5, 0.6) is 0 Å². The average molecular weight is 291 g/mol. The predicted octanol–water partition coefficient (Wildman–Crippen LogP) is 1.39. The first-order chi connectivity index (χ1) is 10.1. The van der Waals surface area contributed by atoms with Crippen LogP contribution in [0.1, 0.15) is 12.0 Å². The quantitative estimate of drug-likeness (QED) is 0.621. The molecule has 1 fully saturated rings.